The van der Waals surface area contributed by atoms with Crippen molar-refractivity contribution in [2.75, 3.05) is 19.6 Å². The highest BCUT2D eigenvalue weighted by Crippen LogP contribution is 2.32. The van der Waals surface area contributed by atoms with Crippen molar-refractivity contribution in [2.24, 2.45) is 5.73 Å². The largest absolute Gasteiger partial charge is 0.444 e. The second-order valence-corrected chi connectivity index (χ2v) is 7.74. The lowest BCUT2D eigenvalue weighted by molar-refractivity contribution is 0.0375. The molecule has 3 amide bonds. The van der Waals surface area contributed by atoms with Gasteiger partial charge >= 0.3 is 12.1 Å². The molecule has 1 heterocycles. The van der Waals surface area contributed by atoms with Gasteiger partial charge in [-0.05, 0) is 52.9 Å². The Bertz CT molecular complexity index is 435. The van der Waals surface area contributed by atoms with Crippen LogP contribution in [0.15, 0.2) is 0 Å². The van der Waals surface area contributed by atoms with Crippen molar-refractivity contribution in [3.63, 3.8) is 0 Å². The third-order valence-corrected chi connectivity index (χ3v) is 4.61. The number of carbonyl (C=O) groups excluding carboxylic acids is 2. The highest BCUT2D eigenvalue weighted by molar-refractivity contribution is 5.72. The molecule has 0 aromatic heterocycles. The molecule has 0 radical (unpaired) electrons. The van der Waals surface area contributed by atoms with Crippen molar-refractivity contribution in [2.45, 2.75) is 70.1 Å². The van der Waals surface area contributed by atoms with Crippen LogP contribution in [0.3, 0.4) is 0 Å². The third kappa shape index (κ3) is 5.27. The summed E-state index contributed by atoms with van der Waals surface area (Å²) in [5, 5.41) is 6.59. The lowest BCUT2D eigenvalue weighted by Gasteiger charge is -2.44. The van der Waals surface area contributed by atoms with Gasteiger partial charge in [0, 0.05) is 25.7 Å². The van der Waals surface area contributed by atoms with Crippen molar-refractivity contribution in [3.8, 4) is 0 Å². The minimum atomic E-state index is -0.482. The van der Waals surface area contributed by atoms with Gasteiger partial charge in [-0.3, -0.25) is 0 Å². The quantitative estimate of drug-likeness (QED) is 0.730. The van der Waals surface area contributed by atoms with E-state index in [1.807, 2.05) is 20.8 Å². The fourth-order valence-corrected chi connectivity index (χ4v) is 3.11. The standard InChI is InChI=1S/C16H30N4O3/c1-15(2,3)23-14(22)19-16(7-4-8-16)11-18-12-5-9-20(10-6-12)13(17)21/h12,18H,4-11H2,1-3H3,(H2,17,21)(H,19,22). The number of hydrogen-bond acceptors (Lipinski definition) is 4. The van der Waals surface area contributed by atoms with E-state index in [0.29, 0.717) is 19.1 Å². The predicted molar refractivity (Wildman–Crippen MR) is 88.1 cm³/mol. The molecule has 2 fully saturated rings. The Kier molecular flexibility index (Phi) is 5.39. The average Bonchev–Trinajstić information content (AvgIpc) is 2.40. The van der Waals surface area contributed by atoms with Gasteiger partial charge in [0.15, 0.2) is 0 Å². The zero-order valence-corrected chi connectivity index (χ0v) is 14.5. The number of rotatable bonds is 4. The van der Waals surface area contributed by atoms with E-state index in [0.717, 1.165) is 38.6 Å². The van der Waals surface area contributed by atoms with Crippen LogP contribution in [0.1, 0.15) is 52.9 Å². The van der Waals surface area contributed by atoms with E-state index in [2.05, 4.69) is 10.6 Å². The SMILES string of the molecule is CC(C)(C)OC(=O)NC1(CNC2CCN(C(N)=O)CC2)CCC1. The summed E-state index contributed by atoms with van der Waals surface area (Å²) in [6.45, 7) is 7.73. The van der Waals surface area contributed by atoms with E-state index in [1.54, 1.807) is 4.90 Å². The van der Waals surface area contributed by atoms with Gasteiger partial charge in [0.05, 0.1) is 5.54 Å². The molecular weight excluding hydrogens is 296 g/mol. The van der Waals surface area contributed by atoms with Gasteiger partial charge in [-0.25, -0.2) is 9.59 Å². The normalized spacial score (nSPS) is 21.4. The number of ether oxygens (including phenoxy) is 1. The Hall–Kier alpha value is -1.50. The molecule has 4 N–H and O–H groups in total. The lowest BCUT2D eigenvalue weighted by Crippen LogP contribution is -2.61. The summed E-state index contributed by atoms with van der Waals surface area (Å²) in [4.78, 5) is 24.8. The first-order valence-corrected chi connectivity index (χ1v) is 8.48. The summed E-state index contributed by atoms with van der Waals surface area (Å²) in [6.07, 6.45) is 4.51. The summed E-state index contributed by atoms with van der Waals surface area (Å²) < 4.78 is 5.37. The van der Waals surface area contributed by atoms with Crippen molar-refractivity contribution < 1.29 is 14.3 Å². The Labute approximate surface area is 138 Å². The number of piperidine rings is 1. The molecule has 7 heteroatoms. The zero-order chi connectivity index (χ0) is 17.1. The molecule has 0 aromatic carbocycles. The number of nitrogens with zero attached hydrogens (tertiary/aromatic N) is 1. The van der Waals surface area contributed by atoms with Crippen molar-refractivity contribution in [3.05, 3.63) is 0 Å². The maximum Gasteiger partial charge on any atom is 0.408 e. The molecule has 0 unspecified atom stereocenters. The van der Waals surface area contributed by atoms with Gasteiger partial charge in [0.1, 0.15) is 5.60 Å². The van der Waals surface area contributed by atoms with E-state index in [1.165, 1.54) is 0 Å². The maximum atomic E-state index is 12.0. The number of urea groups is 1. The summed E-state index contributed by atoms with van der Waals surface area (Å²) in [5.41, 5.74) is 4.62. The van der Waals surface area contributed by atoms with Crippen LogP contribution in [0, 0.1) is 0 Å². The third-order valence-electron chi connectivity index (χ3n) is 4.61. The van der Waals surface area contributed by atoms with Crippen LogP contribution < -0.4 is 16.4 Å². The highest BCUT2D eigenvalue weighted by atomic mass is 16.6. The Morgan fingerprint density at radius 1 is 1.26 bits per heavy atom. The Balaban J connectivity index is 1.77. The van der Waals surface area contributed by atoms with Crippen LogP contribution >= 0.6 is 0 Å². The average molecular weight is 326 g/mol. The topological polar surface area (TPSA) is 96.7 Å². The second-order valence-electron chi connectivity index (χ2n) is 7.74. The molecule has 1 saturated carbocycles. The minimum Gasteiger partial charge on any atom is -0.444 e. The smallest absolute Gasteiger partial charge is 0.408 e. The van der Waals surface area contributed by atoms with Gasteiger partial charge in [-0.15, -0.1) is 0 Å². The summed E-state index contributed by atoms with van der Waals surface area (Å²) in [5.74, 6) is 0. The van der Waals surface area contributed by atoms with Gasteiger partial charge in [0.25, 0.3) is 0 Å². The fourth-order valence-electron chi connectivity index (χ4n) is 3.11. The summed E-state index contributed by atoms with van der Waals surface area (Å²) >= 11 is 0. The number of amides is 3. The van der Waals surface area contributed by atoms with Gasteiger partial charge in [-0.1, -0.05) is 0 Å². The van der Waals surface area contributed by atoms with E-state index in [9.17, 15) is 9.59 Å². The number of nitrogens with two attached hydrogens (primary N) is 1. The monoisotopic (exact) mass is 326 g/mol. The molecular formula is C16H30N4O3. The molecule has 132 valence electrons. The number of likely N-dealkylation sites (tertiary alicyclic amines) is 1. The predicted octanol–water partition coefficient (Wildman–Crippen LogP) is 1.57. The second kappa shape index (κ2) is 6.95. The maximum absolute atomic E-state index is 12.0. The van der Waals surface area contributed by atoms with Crippen LogP contribution in [0.25, 0.3) is 0 Å². The van der Waals surface area contributed by atoms with Crippen molar-refractivity contribution in [1.29, 1.82) is 0 Å². The van der Waals surface area contributed by atoms with Crippen LogP contribution in [-0.2, 0) is 4.74 Å². The molecule has 0 spiro atoms. The van der Waals surface area contributed by atoms with E-state index in [-0.39, 0.29) is 17.7 Å². The van der Waals surface area contributed by atoms with Crippen molar-refractivity contribution in [1.82, 2.24) is 15.5 Å². The minimum absolute atomic E-state index is 0.191. The molecule has 2 aliphatic rings. The first-order chi connectivity index (χ1) is 10.7. The van der Waals surface area contributed by atoms with Gasteiger partial charge < -0.3 is 26.0 Å². The summed E-state index contributed by atoms with van der Waals surface area (Å²) in [7, 11) is 0. The number of hydrogen-bond donors (Lipinski definition) is 3. The van der Waals surface area contributed by atoms with Crippen LogP contribution in [0.2, 0.25) is 0 Å². The molecule has 1 saturated heterocycles. The molecule has 1 aliphatic heterocycles. The number of nitrogens with one attached hydrogen (secondary N) is 2. The van der Waals surface area contributed by atoms with Crippen LogP contribution in [0.5, 0.6) is 0 Å². The van der Waals surface area contributed by atoms with Crippen molar-refractivity contribution >= 4 is 12.1 Å². The molecule has 7 nitrogen and oxygen atoms in total. The Morgan fingerprint density at radius 2 is 1.87 bits per heavy atom. The molecule has 2 rings (SSSR count). The molecule has 0 aromatic rings. The first kappa shape index (κ1) is 17.8. The molecule has 0 atom stereocenters. The molecule has 23 heavy (non-hydrogen) atoms. The molecule has 1 aliphatic carbocycles. The van der Waals surface area contributed by atoms with Gasteiger partial charge in [-0.2, -0.15) is 0 Å². The van der Waals surface area contributed by atoms with E-state index in [4.69, 9.17) is 10.5 Å². The fraction of sp³-hybridized carbons (Fsp3) is 0.875. The highest BCUT2D eigenvalue weighted by Gasteiger charge is 2.40. The Morgan fingerprint density at radius 3 is 2.30 bits per heavy atom. The first-order valence-electron chi connectivity index (χ1n) is 8.48. The van der Waals surface area contributed by atoms with Crippen LogP contribution in [-0.4, -0.2) is 53.8 Å². The lowest BCUT2D eigenvalue weighted by atomic mass is 9.76. The summed E-state index contributed by atoms with van der Waals surface area (Å²) in [6, 6.07) is 0.0222. The zero-order valence-electron chi connectivity index (χ0n) is 14.5. The number of alkyl carbamates (subject to hydrolysis) is 1. The van der Waals surface area contributed by atoms with E-state index < -0.39 is 5.60 Å². The number of carbonyl (C=O) groups is 2. The van der Waals surface area contributed by atoms with E-state index >= 15 is 0 Å². The molecule has 0 bridgehead atoms. The van der Waals surface area contributed by atoms with Gasteiger partial charge in [0.2, 0.25) is 0 Å². The van der Waals surface area contributed by atoms with Crippen LogP contribution in [0.4, 0.5) is 9.59 Å². The number of primary amides is 1.